The van der Waals surface area contributed by atoms with Crippen molar-refractivity contribution in [3.8, 4) is 0 Å². The molecule has 0 heterocycles. The van der Waals surface area contributed by atoms with Crippen molar-refractivity contribution in [2.75, 3.05) is 13.2 Å². The molecule has 3 heteroatoms. The number of carbonyl (C=O) groups is 1. The molecule has 1 aliphatic carbocycles. The molecule has 1 fully saturated rings. The standard InChI is InChI=1S/C13H23NO2/c1-4-16-13(15)10(2)9-14-11(3)12-7-5-6-8-12/h11-12,14H,2,4-9H2,1,3H3/t11-/m0/s1. The molecule has 0 bridgehead atoms. The normalized spacial score (nSPS) is 18.4. The zero-order valence-electron chi connectivity index (χ0n) is 10.4. The summed E-state index contributed by atoms with van der Waals surface area (Å²) in [6, 6.07) is 0.466. The Labute approximate surface area is 98.2 Å². The lowest BCUT2D eigenvalue weighted by Gasteiger charge is -2.20. The van der Waals surface area contributed by atoms with Crippen LogP contribution in [-0.4, -0.2) is 25.2 Å². The van der Waals surface area contributed by atoms with Crippen LogP contribution in [0.2, 0.25) is 0 Å². The summed E-state index contributed by atoms with van der Waals surface area (Å²) in [4.78, 5) is 11.3. The summed E-state index contributed by atoms with van der Waals surface area (Å²) in [5.41, 5.74) is 0.520. The number of rotatable bonds is 6. The fourth-order valence-electron chi connectivity index (χ4n) is 2.21. The third kappa shape index (κ3) is 3.97. The second kappa shape index (κ2) is 6.69. The summed E-state index contributed by atoms with van der Waals surface area (Å²) in [6.07, 6.45) is 5.30. The van der Waals surface area contributed by atoms with Gasteiger partial charge in [-0.25, -0.2) is 4.79 Å². The molecule has 3 nitrogen and oxygen atoms in total. The van der Waals surface area contributed by atoms with Gasteiger partial charge < -0.3 is 10.1 Å². The molecule has 0 aromatic rings. The number of hydrogen-bond donors (Lipinski definition) is 1. The molecular weight excluding hydrogens is 202 g/mol. The van der Waals surface area contributed by atoms with Crippen LogP contribution < -0.4 is 5.32 Å². The number of esters is 1. The fraction of sp³-hybridized carbons (Fsp3) is 0.769. The first-order valence-electron chi connectivity index (χ1n) is 6.23. The summed E-state index contributed by atoms with van der Waals surface area (Å²) in [5, 5.41) is 3.36. The fourth-order valence-corrected chi connectivity index (χ4v) is 2.21. The van der Waals surface area contributed by atoms with E-state index in [0.717, 1.165) is 5.92 Å². The van der Waals surface area contributed by atoms with E-state index < -0.39 is 0 Å². The van der Waals surface area contributed by atoms with Gasteiger partial charge >= 0.3 is 5.97 Å². The zero-order chi connectivity index (χ0) is 12.0. The highest BCUT2D eigenvalue weighted by Gasteiger charge is 2.21. The van der Waals surface area contributed by atoms with Crippen molar-refractivity contribution in [1.29, 1.82) is 0 Å². The predicted octanol–water partition coefficient (Wildman–Crippen LogP) is 2.27. The van der Waals surface area contributed by atoms with Gasteiger partial charge in [0.25, 0.3) is 0 Å². The smallest absolute Gasteiger partial charge is 0.334 e. The minimum Gasteiger partial charge on any atom is -0.463 e. The molecule has 0 aromatic heterocycles. The van der Waals surface area contributed by atoms with E-state index in [1.165, 1.54) is 25.7 Å². The van der Waals surface area contributed by atoms with Gasteiger partial charge in [0.2, 0.25) is 0 Å². The average molecular weight is 225 g/mol. The summed E-state index contributed by atoms with van der Waals surface area (Å²) in [6.45, 7) is 8.68. The lowest BCUT2D eigenvalue weighted by atomic mass is 10.00. The molecule has 1 aliphatic rings. The molecule has 1 saturated carbocycles. The summed E-state index contributed by atoms with van der Waals surface area (Å²) in [5.74, 6) is 0.476. The molecule has 0 radical (unpaired) electrons. The molecule has 1 rings (SSSR count). The van der Waals surface area contributed by atoms with Crippen molar-refractivity contribution >= 4 is 5.97 Å². The van der Waals surface area contributed by atoms with Crippen LogP contribution in [0.5, 0.6) is 0 Å². The Bertz CT molecular complexity index is 244. The highest BCUT2D eigenvalue weighted by atomic mass is 16.5. The Kier molecular flexibility index (Phi) is 5.53. The van der Waals surface area contributed by atoms with Crippen LogP contribution in [-0.2, 0) is 9.53 Å². The largest absolute Gasteiger partial charge is 0.463 e. The predicted molar refractivity (Wildman–Crippen MR) is 65.2 cm³/mol. The van der Waals surface area contributed by atoms with E-state index in [1.807, 2.05) is 0 Å². The van der Waals surface area contributed by atoms with Crippen molar-refractivity contribution in [3.63, 3.8) is 0 Å². The molecule has 0 aromatic carbocycles. The molecular formula is C13H23NO2. The van der Waals surface area contributed by atoms with E-state index in [1.54, 1.807) is 6.92 Å². The van der Waals surface area contributed by atoms with Crippen LogP contribution in [0.1, 0.15) is 39.5 Å². The summed E-state index contributed by atoms with van der Waals surface area (Å²) >= 11 is 0. The van der Waals surface area contributed by atoms with Gasteiger partial charge in [-0.05, 0) is 32.6 Å². The van der Waals surface area contributed by atoms with E-state index in [4.69, 9.17) is 4.74 Å². The molecule has 92 valence electrons. The number of hydrogen-bond acceptors (Lipinski definition) is 3. The van der Waals surface area contributed by atoms with Crippen LogP contribution in [0.3, 0.4) is 0 Å². The molecule has 0 saturated heterocycles. The van der Waals surface area contributed by atoms with Gasteiger partial charge in [0, 0.05) is 18.2 Å². The SMILES string of the molecule is C=C(CN[C@@H](C)C1CCCC1)C(=O)OCC. The first-order chi connectivity index (χ1) is 7.65. The quantitative estimate of drug-likeness (QED) is 0.556. The Morgan fingerprint density at radius 3 is 2.69 bits per heavy atom. The Hall–Kier alpha value is -0.830. The lowest BCUT2D eigenvalue weighted by Crippen LogP contribution is -2.34. The van der Waals surface area contributed by atoms with Crippen LogP contribution in [0, 0.1) is 5.92 Å². The van der Waals surface area contributed by atoms with Gasteiger partial charge in [0.15, 0.2) is 0 Å². The highest BCUT2D eigenvalue weighted by molar-refractivity contribution is 5.88. The summed E-state index contributed by atoms with van der Waals surface area (Å²) < 4.78 is 4.88. The molecule has 0 amide bonds. The average Bonchev–Trinajstić information content (AvgIpc) is 2.79. The van der Waals surface area contributed by atoms with Crippen molar-refractivity contribution in [2.45, 2.75) is 45.6 Å². The van der Waals surface area contributed by atoms with Crippen LogP contribution >= 0.6 is 0 Å². The van der Waals surface area contributed by atoms with Gasteiger partial charge in [-0.3, -0.25) is 0 Å². The van der Waals surface area contributed by atoms with Crippen molar-refractivity contribution in [2.24, 2.45) is 5.92 Å². The highest BCUT2D eigenvalue weighted by Crippen LogP contribution is 2.27. The zero-order valence-corrected chi connectivity index (χ0v) is 10.4. The topological polar surface area (TPSA) is 38.3 Å². The van der Waals surface area contributed by atoms with Gasteiger partial charge in [0.05, 0.1) is 6.61 Å². The van der Waals surface area contributed by atoms with E-state index in [9.17, 15) is 4.79 Å². The monoisotopic (exact) mass is 225 g/mol. The second-order valence-corrected chi connectivity index (χ2v) is 4.54. The van der Waals surface area contributed by atoms with E-state index in [-0.39, 0.29) is 5.97 Å². The minimum atomic E-state index is -0.284. The first-order valence-corrected chi connectivity index (χ1v) is 6.23. The maximum atomic E-state index is 11.3. The molecule has 1 atom stereocenters. The van der Waals surface area contributed by atoms with Crippen molar-refractivity contribution in [1.82, 2.24) is 5.32 Å². The Balaban J connectivity index is 2.22. The number of carbonyl (C=O) groups excluding carboxylic acids is 1. The molecule has 1 N–H and O–H groups in total. The van der Waals surface area contributed by atoms with Crippen LogP contribution in [0.15, 0.2) is 12.2 Å². The van der Waals surface area contributed by atoms with Crippen molar-refractivity contribution < 1.29 is 9.53 Å². The first kappa shape index (κ1) is 13.2. The van der Waals surface area contributed by atoms with Gasteiger partial charge in [-0.1, -0.05) is 19.4 Å². The molecule has 0 spiro atoms. The molecule has 0 aliphatic heterocycles. The lowest BCUT2D eigenvalue weighted by molar-refractivity contribution is -0.138. The van der Waals surface area contributed by atoms with E-state index in [0.29, 0.717) is 24.8 Å². The maximum absolute atomic E-state index is 11.3. The van der Waals surface area contributed by atoms with E-state index >= 15 is 0 Å². The molecule has 0 unspecified atom stereocenters. The van der Waals surface area contributed by atoms with Gasteiger partial charge in [-0.2, -0.15) is 0 Å². The van der Waals surface area contributed by atoms with Crippen LogP contribution in [0.25, 0.3) is 0 Å². The third-order valence-corrected chi connectivity index (χ3v) is 3.31. The maximum Gasteiger partial charge on any atom is 0.334 e. The van der Waals surface area contributed by atoms with Gasteiger partial charge in [0.1, 0.15) is 0 Å². The number of ether oxygens (including phenoxy) is 1. The Morgan fingerprint density at radius 1 is 1.50 bits per heavy atom. The van der Waals surface area contributed by atoms with Crippen LogP contribution in [0.4, 0.5) is 0 Å². The van der Waals surface area contributed by atoms with Gasteiger partial charge in [-0.15, -0.1) is 0 Å². The molecule has 16 heavy (non-hydrogen) atoms. The third-order valence-electron chi connectivity index (χ3n) is 3.31. The van der Waals surface area contributed by atoms with E-state index in [2.05, 4.69) is 18.8 Å². The second-order valence-electron chi connectivity index (χ2n) is 4.54. The Morgan fingerprint density at radius 2 is 2.12 bits per heavy atom. The minimum absolute atomic E-state index is 0.284. The number of nitrogens with one attached hydrogen (secondary N) is 1. The van der Waals surface area contributed by atoms with Crippen molar-refractivity contribution in [3.05, 3.63) is 12.2 Å². The summed E-state index contributed by atoms with van der Waals surface area (Å²) in [7, 11) is 0.